The van der Waals surface area contributed by atoms with Crippen LogP contribution in [-0.2, 0) is 13.2 Å². The van der Waals surface area contributed by atoms with E-state index in [9.17, 15) is 4.39 Å². The van der Waals surface area contributed by atoms with E-state index in [0.717, 1.165) is 27.5 Å². The highest BCUT2D eigenvalue weighted by atomic mass is 35.5. The summed E-state index contributed by atoms with van der Waals surface area (Å²) in [5.41, 5.74) is 5.52. The first-order chi connectivity index (χ1) is 15.1. The molecule has 3 nitrogen and oxygen atoms in total. The van der Waals surface area contributed by atoms with Gasteiger partial charge in [0.2, 0.25) is 0 Å². The molecule has 0 aromatic heterocycles. The van der Waals surface area contributed by atoms with Crippen LogP contribution < -0.4 is 10.2 Å². The fourth-order valence-corrected chi connectivity index (χ4v) is 3.74. The molecule has 4 aromatic carbocycles. The molecule has 0 atom stereocenters. The van der Waals surface area contributed by atoms with E-state index in [0.29, 0.717) is 28.9 Å². The van der Waals surface area contributed by atoms with E-state index in [1.54, 1.807) is 36.5 Å². The number of rotatable bonds is 7. The topological polar surface area (TPSA) is 33.6 Å². The van der Waals surface area contributed by atoms with E-state index in [-0.39, 0.29) is 5.82 Å². The SMILES string of the molecule is Fc1ccc(COc2ccc3ccccc3c2/C=N/NCc2c(Cl)cccc2Cl)cc1. The summed E-state index contributed by atoms with van der Waals surface area (Å²) in [7, 11) is 0. The van der Waals surface area contributed by atoms with Crippen molar-refractivity contribution in [1.82, 2.24) is 5.43 Å². The van der Waals surface area contributed by atoms with Crippen molar-refractivity contribution in [1.29, 1.82) is 0 Å². The van der Waals surface area contributed by atoms with Crippen LogP contribution >= 0.6 is 23.2 Å². The van der Waals surface area contributed by atoms with E-state index in [1.807, 2.05) is 36.4 Å². The summed E-state index contributed by atoms with van der Waals surface area (Å²) < 4.78 is 19.2. The molecule has 0 radical (unpaired) electrons. The maximum absolute atomic E-state index is 13.2. The smallest absolute Gasteiger partial charge is 0.129 e. The number of nitrogens with zero attached hydrogens (tertiary/aromatic N) is 1. The van der Waals surface area contributed by atoms with Gasteiger partial charge in [-0.05, 0) is 46.7 Å². The van der Waals surface area contributed by atoms with Gasteiger partial charge in [-0.1, -0.05) is 71.7 Å². The summed E-state index contributed by atoms with van der Waals surface area (Å²) >= 11 is 12.4. The Morgan fingerprint density at radius 1 is 0.871 bits per heavy atom. The molecule has 0 saturated heterocycles. The first-order valence-electron chi connectivity index (χ1n) is 9.69. The molecule has 0 aliphatic rings. The van der Waals surface area contributed by atoms with E-state index in [4.69, 9.17) is 27.9 Å². The van der Waals surface area contributed by atoms with Gasteiger partial charge in [0.05, 0.1) is 12.8 Å². The quantitative estimate of drug-likeness (QED) is 0.242. The van der Waals surface area contributed by atoms with Crippen LogP contribution in [0.25, 0.3) is 10.8 Å². The highest BCUT2D eigenvalue weighted by Gasteiger charge is 2.08. The van der Waals surface area contributed by atoms with Gasteiger partial charge < -0.3 is 10.2 Å². The minimum atomic E-state index is -0.271. The minimum Gasteiger partial charge on any atom is -0.488 e. The predicted molar refractivity (Wildman–Crippen MR) is 126 cm³/mol. The molecule has 4 rings (SSSR count). The molecule has 0 bridgehead atoms. The molecule has 0 aliphatic heterocycles. The molecule has 0 saturated carbocycles. The number of hydrazone groups is 1. The fraction of sp³-hybridized carbons (Fsp3) is 0.0800. The summed E-state index contributed by atoms with van der Waals surface area (Å²) in [5, 5.41) is 7.64. The Bertz CT molecular complexity index is 1210. The van der Waals surface area contributed by atoms with E-state index < -0.39 is 0 Å². The largest absolute Gasteiger partial charge is 0.488 e. The van der Waals surface area contributed by atoms with Gasteiger partial charge in [0, 0.05) is 21.2 Å². The molecule has 4 aromatic rings. The maximum Gasteiger partial charge on any atom is 0.129 e. The average Bonchev–Trinajstić information content (AvgIpc) is 2.78. The van der Waals surface area contributed by atoms with Crippen molar-refractivity contribution in [2.24, 2.45) is 5.10 Å². The number of halogens is 3. The molecule has 1 N–H and O–H groups in total. The van der Waals surface area contributed by atoms with Gasteiger partial charge in [-0.2, -0.15) is 5.10 Å². The highest BCUT2D eigenvalue weighted by Crippen LogP contribution is 2.28. The Labute approximate surface area is 190 Å². The van der Waals surface area contributed by atoms with Crippen molar-refractivity contribution in [3.63, 3.8) is 0 Å². The normalized spacial score (nSPS) is 11.2. The Morgan fingerprint density at radius 2 is 1.61 bits per heavy atom. The zero-order valence-electron chi connectivity index (χ0n) is 16.5. The average molecular weight is 453 g/mol. The number of fused-ring (bicyclic) bond motifs is 1. The van der Waals surface area contributed by atoms with Crippen LogP contribution in [0.4, 0.5) is 4.39 Å². The van der Waals surface area contributed by atoms with E-state index in [1.165, 1.54) is 12.1 Å². The van der Waals surface area contributed by atoms with Crippen molar-refractivity contribution in [2.75, 3.05) is 0 Å². The van der Waals surface area contributed by atoms with Crippen molar-refractivity contribution in [3.05, 3.63) is 111 Å². The summed E-state index contributed by atoms with van der Waals surface area (Å²) in [6.07, 6.45) is 1.73. The van der Waals surface area contributed by atoms with Crippen molar-refractivity contribution in [2.45, 2.75) is 13.2 Å². The molecular weight excluding hydrogens is 434 g/mol. The third-order valence-corrected chi connectivity index (χ3v) is 5.55. The fourth-order valence-electron chi connectivity index (χ4n) is 3.21. The third kappa shape index (κ3) is 5.16. The van der Waals surface area contributed by atoms with Crippen LogP contribution in [0.5, 0.6) is 5.75 Å². The number of ether oxygens (including phenoxy) is 1. The van der Waals surface area contributed by atoms with Crippen molar-refractivity contribution >= 4 is 40.2 Å². The van der Waals surface area contributed by atoms with Crippen LogP contribution in [0.15, 0.2) is 84.0 Å². The predicted octanol–water partition coefficient (Wildman–Crippen LogP) is 6.99. The van der Waals surface area contributed by atoms with Crippen LogP contribution in [0.1, 0.15) is 16.7 Å². The second-order valence-electron chi connectivity index (χ2n) is 6.91. The first kappa shape index (κ1) is 21.2. The molecule has 6 heteroatoms. The molecule has 0 unspecified atom stereocenters. The Balaban J connectivity index is 1.56. The van der Waals surface area contributed by atoms with Gasteiger partial charge in [0.1, 0.15) is 18.2 Å². The molecule has 156 valence electrons. The number of nitrogens with one attached hydrogen (secondary N) is 1. The molecule has 0 spiro atoms. The monoisotopic (exact) mass is 452 g/mol. The van der Waals surface area contributed by atoms with Crippen molar-refractivity contribution < 1.29 is 9.13 Å². The van der Waals surface area contributed by atoms with Gasteiger partial charge >= 0.3 is 0 Å². The molecule has 0 amide bonds. The Morgan fingerprint density at radius 3 is 2.39 bits per heavy atom. The zero-order valence-corrected chi connectivity index (χ0v) is 18.0. The zero-order chi connectivity index (χ0) is 21.6. The van der Waals surface area contributed by atoms with Crippen molar-refractivity contribution in [3.8, 4) is 5.75 Å². The van der Waals surface area contributed by atoms with Gasteiger partial charge in [-0.15, -0.1) is 0 Å². The molecule has 0 heterocycles. The standard InChI is InChI=1S/C25H19Cl2FN2O/c26-23-6-3-7-24(27)22(23)15-30-29-14-21-20-5-2-1-4-18(20)10-13-25(21)31-16-17-8-11-19(28)12-9-17/h1-14,30H,15-16H2/b29-14+. The van der Waals surface area contributed by atoms with Gasteiger partial charge in [0.15, 0.2) is 0 Å². The lowest BCUT2D eigenvalue weighted by Gasteiger charge is -2.12. The second-order valence-corrected chi connectivity index (χ2v) is 7.72. The summed E-state index contributed by atoms with van der Waals surface area (Å²) in [6, 6.07) is 23.6. The van der Waals surface area contributed by atoms with Gasteiger partial charge in [0.25, 0.3) is 0 Å². The number of hydrogen-bond acceptors (Lipinski definition) is 3. The number of benzene rings is 4. The third-order valence-electron chi connectivity index (χ3n) is 4.84. The van der Waals surface area contributed by atoms with Gasteiger partial charge in [-0.3, -0.25) is 0 Å². The molecule has 0 fully saturated rings. The summed E-state index contributed by atoms with van der Waals surface area (Å²) in [6.45, 7) is 0.716. The lowest BCUT2D eigenvalue weighted by molar-refractivity contribution is 0.306. The second kappa shape index (κ2) is 9.82. The molecular formula is C25H19Cl2FN2O. The summed E-state index contributed by atoms with van der Waals surface area (Å²) in [5.74, 6) is 0.413. The van der Waals surface area contributed by atoms with Crippen LogP contribution in [0.2, 0.25) is 10.0 Å². The molecule has 31 heavy (non-hydrogen) atoms. The van der Waals surface area contributed by atoms with Crippen LogP contribution in [0, 0.1) is 5.82 Å². The molecule has 0 aliphatic carbocycles. The minimum absolute atomic E-state index is 0.271. The van der Waals surface area contributed by atoms with Gasteiger partial charge in [-0.25, -0.2) is 4.39 Å². The van der Waals surface area contributed by atoms with E-state index >= 15 is 0 Å². The Kier molecular flexibility index (Phi) is 6.70. The lowest BCUT2D eigenvalue weighted by atomic mass is 10.0. The van der Waals surface area contributed by atoms with E-state index in [2.05, 4.69) is 10.5 Å². The van der Waals surface area contributed by atoms with Crippen LogP contribution in [-0.4, -0.2) is 6.21 Å². The maximum atomic E-state index is 13.2. The van der Waals surface area contributed by atoms with Crippen LogP contribution in [0.3, 0.4) is 0 Å². The first-order valence-corrected chi connectivity index (χ1v) is 10.5. The highest BCUT2D eigenvalue weighted by molar-refractivity contribution is 6.35. The lowest BCUT2D eigenvalue weighted by Crippen LogP contribution is -2.07. The Hall–Kier alpha value is -3.08. The summed E-state index contributed by atoms with van der Waals surface area (Å²) in [4.78, 5) is 0. The number of hydrogen-bond donors (Lipinski definition) is 1.